The highest BCUT2D eigenvalue weighted by molar-refractivity contribution is 7.47. The third-order valence-electron chi connectivity index (χ3n) is 15.6. The van der Waals surface area contributed by atoms with E-state index < -0.39 is 97.5 Å². The molecule has 17 nitrogen and oxygen atoms in total. The van der Waals surface area contributed by atoms with Gasteiger partial charge in [-0.25, -0.2) is 9.13 Å². The zero-order chi connectivity index (χ0) is 76.0. The number of ether oxygens (including phenoxy) is 4. The monoisotopic (exact) mass is 1490 g/mol. The molecule has 590 valence electrons. The summed E-state index contributed by atoms with van der Waals surface area (Å²) in [7, 11) is -10.00. The third kappa shape index (κ3) is 74.7. The van der Waals surface area contributed by atoms with Crippen LogP contribution in [0.1, 0.15) is 285 Å². The molecule has 0 saturated carbocycles. The second-order valence-electron chi connectivity index (χ2n) is 25.5. The van der Waals surface area contributed by atoms with Gasteiger partial charge in [0.1, 0.15) is 19.3 Å². The molecule has 0 bridgehead atoms. The Labute approximate surface area is 629 Å². The maximum Gasteiger partial charge on any atom is 0.472 e. The Balaban J connectivity index is 5.43. The van der Waals surface area contributed by atoms with Crippen LogP contribution >= 0.6 is 15.6 Å². The van der Waals surface area contributed by atoms with Gasteiger partial charge in [0.05, 0.1) is 26.4 Å². The first-order valence-corrected chi connectivity index (χ1v) is 42.4. The molecule has 3 N–H and O–H groups in total. The van der Waals surface area contributed by atoms with E-state index in [1.54, 1.807) is 0 Å². The molecule has 0 aromatic heterocycles. The largest absolute Gasteiger partial charge is 0.472 e. The summed E-state index contributed by atoms with van der Waals surface area (Å²) >= 11 is 0. The van der Waals surface area contributed by atoms with Crippen molar-refractivity contribution < 1.29 is 80.2 Å². The molecule has 0 heterocycles. The van der Waals surface area contributed by atoms with Crippen molar-refractivity contribution in [3.63, 3.8) is 0 Å². The molecule has 0 amide bonds. The van der Waals surface area contributed by atoms with Gasteiger partial charge in [0.25, 0.3) is 0 Å². The predicted molar refractivity (Wildman–Crippen MR) is 426 cm³/mol. The summed E-state index contributed by atoms with van der Waals surface area (Å²) in [5.74, 6) is -2.33. The highest BCUT2D eigenvalue weighted by Crippen LogP contribution is 2.45. The van der Waals surface area contributed by atoms with Gasteiger partial charge in [-0.3, -0.25) is 37.3 Å². The Morgan fingerprint density at radius 3 is 0.827 bits per heavy atom. The standard InChI is InChI=1S/C85H138O17P2/c1-5-9-13-17-21-25-29-33-35-37-39-41-43-47-49-53-57-61-65-69-82(87)95-75-80(101-84(89)71-67-63-59-55-51-45-31-27-23-19-15-11-7-3)77-99-103(91,92)97-73-79(86)74-98-104(93,94)100-78-81(102-85(90)72-68-64-60-56-52-46-32-28-24-20-16-12-8-4)76-96-83(88)70-66-62-58-54-50-48-44-42-40-38-36-34-30-26-22-18-14-10-6-2/h9-10,13-16,19-22,25-28,31-36,39-42,47,49,57,61,79-81,86H,5-8,11-12,17-18,23-24,29-30,37-38,43-46,48,50-56,58-60,62-78H2,1-4H3,(H,91,92)(H,93,94)/b13-9-,14-10-,19-15-,20-16-,25-21-,26-22-,31-27-,32-28-,35-33-,36-34-,41-39-,42-40-,49-47-,61-57-. The van der Waals surface area contributed by atoms with Gasteiger partial charge in [-0.2, -0.15) is 0 Å². The number of aliphatic hydroxyl groups excluding tert-OH is 1. The molecule has 0 radical (unpaired) electrons. The first kappa shape index (κ1) is 98.4. The van der Waals surface area contributed by atoms with E-state index >= 15 is 0 Å². The maximum atomic E-state index is 13.1. The van der Waals surface area contributed by atoms with Crippen LogP contribution in [0.3, 0.4) is 0 Å². The Morgan fingerprint density at radius 2 is 0.519 bits per heavy atom. The highest BCUT2D eigenvalue weighted by atomic mass is 31.2. The van der Waals surface area contributed by atoms with Crippen molar-refractivity contribution in [3.8, 4) is 0 Å². The number of hydrogen-bond donors (Lipinski definition) is 3. The minimum absolute atomic E-state index is 0.0274. The van der Waals surface area contributed by atoms with Crippen LogP contribution in [0.5, 0.6) is 0 Å². The molecule has 0 aromatic carbocycles. The SMILES string of the molecule is CC/C=C\C/C=C\C/C=C\C/C=C\C/C=C\C/C=C\CCC(=O)OCC(COP(=O)(O)OCC(O)COP(=O)(O)OCC(COC(=O)CCCCCCCC/C=C\C/C=C\C/C=C\C/C=C\CC)OC(=O)CCCCCCC/C=C\C/C=C\CCC)OC(=O)CCCCCCC/C=C\C/C=C\CCC. The van der Waals surface area contributed by atoms with Gasteiger partial charge in [0.2, 0.25) is 0 Å². The van der Waals surface area contributed by atoms with Crippen LogP contribution in [0.2, 0.25) is 0 Å². The number of rotatable bonds is 72. The van der Waals surface area contributed by atoms with Gasteiger partial charge < -0.3 is 33.8 Å². The molecule has 19 heteroatoms. The number of phosphoric ester groups is 2. The van der Waals surface area contributed by atoms with E-state index in [0.29, 0.717) is 32.1 Å². The quantitative estimate of drug-likeness (QED) is 0.0169. The minimum Gasteiger partial charge on any atom is -0.462 e. The zero-order valence-corrected chi connectivity index (χ0v) is 66.2. The number of unbranched alkanes of at least 4 members (excludes halogenated alkanes) is 18. The molecule has 0 rings (SSSR count). The van der Waals surface area contributed by atoms with E-state index in [0.717, 1.165) is 199 Å². The maximum absolute atomic E-state index is 13.1. The Kier molecular flexibility index (Phi) is 71.6. The van der Waals surface area contributed by atoms with E-state index in [-0.39, 0.29) is 25.7 Å². The summed E-state index contributed by atoms with van der Waals surface area (Å²) in [5, 5.41) is 10.6. The fourth-order valence-corrected chi connectivity index (χ4v) is 11.3. The number of allylic oxidation sites excluding steroid dienone is 28. The summed E-state index contributed by atoms with van der Waals surface area (Å²) in [5.41, 5.74) is 0. The highest BCUT2D eigenvalue weighted by Gasteiger charge is 2.30. The van der Waals surface area contributed by atoms with Crippen LogP contribution in [0.4, 0.5) is 0 Å². The van der Waals surface area contributed by atoms with Crippen molar-refractivity contribution >= 4 is 39.5 Å². The molecule has 0 aliphatic rings. The lowest BCUT2D eigenvalue weighted by atomic mass is 10.1. The van der Waals surface area contributed by atoms with Crippen LogP contribution < -0.4 is 0 Å². The Morgan fingerprint density at radius 1 is 0.279 bits per heavy atom. The molecule has 5 unspecified atom stereocenters. The fraction of sp³-hybridized carbons (Fsp3) is 0.624. The minimum atomic E-state index is -5.00. The summed E-state index contributed by atoms with van der Waals surface area (Å²) in [6.45, 7) is 4.36. The van der Waals surface area contributed by atoms with Crippen molar-refractivity contribution in [2.75, 3.05) is 39.6 Å². The third-order valence-corrected chi connectivity index (χ3v) is 17.5. The molecule has 0 aromatic rings. The molecular formula is C85H138O17P2. The van der Waals surface area contributed by atoms with Gasteiger partial charge in [0, 0.05) is 25.7 Å². The number of carbonyl (C=O) groups excluding carboxylic acids is 4. The lowest BCUT2D eigenvalue weighted by Crippen LogP contribution is -2.30. The van der Waals surface area contributed by atoms with Crippen LogP contribution in [0.25, 0.3) is 0 Å². The zero-order valence-electron chi connectivity index (χ0n) is 64.4. The van der Waals surface area contributed by atoms with Crippen LogP contribution in [-0.2, 0) is 65.4 Å². The average Bonchev–Trinajstić information content (AvgIpc) is 0.913. The Bertz CT molecular complexity index is 2640. The van der Waals surface area contributed by atoms with Crippen molar-refractivity contribution in [1.29, 1.82) is 0 Å². The van der Waals surface area contributed by atoms with Crippen LogP contribution in [-0.4, -0.2) is 96.7 Å². The van der Waals surface area contributed by atoms with Crippen molar-refractivity contribution in [2.45, 2.75) is 303 Å². The van der Waals surface area contributed by atoms with Gasteiger partial charge >= 0.3 is 39.5 Å². The second kappa shape index (κ2) is 75.6. The summed E-state index contributed by atoms with van der Waals surface area (Å²) in [6.07, 6.45) is 89.2. The van der Waals surface area contributed by atoms with E-state index in [4.69, 9.17) is 37.0 Å². The van der Waals surface area contributed by atoms with E-state index in [1.807, 2.05) is 18.2 Å². The molecule has 104 heavy (non-hydrogen) atoms. The normalized spacial score (nSPS) is 14.8. The van der Waals surface area contributed by atoms with E-state index in [2.05, 4.69) is 180 Å². The van der Waals surface area contributed by atoms with Crippen molar-refractivity contribution in [1.82, 2.24) is 0 Å². The lowest BCUT2D eigenvalue weighted by Gasteiger charge is -2.21. The molecule has 0 aliphatic heterocycles. The number of phosphoric acid groups is 2. The summed E-state index contributed by atoms with van der Waals surface area (Å²) < 4.78 is 68.4. The topological polar surface area (TPSA) is 237 Å². The number of hydrogen-bond acceptors (Lipinski definition) is 15. The predicted octanol–water partition coefficient (Wildman–Crippen LogP) is 23.0. The van der Waals surface area contributed by atoms with Crippen molar-refractivity contribution in [3.05, 3.63) is 170 Å². The fourth-order valence-electron chi connectivity index (χ4n) is 9.72. The van der Waals surface area contributed by atoms with Gasteiger partial charge in [0.15, 0.2) is 12.2 Å². The smallest absolute Gasteiger partial charge is 0.462 e. The van der Waals surface area contributed by atoms with Gasteiger partial charge in [-0.05, 0) is 154 Å². The van der Waals surface area contributed by atoms with Gasteiger partial charge in [-0.15, -0.1) is 0 Å². The molecule has 0 fully saturated rings. The molecule has 5 atom stereocenters. The van der Waals surface area contributed by atoms with Crippen molar-refractivity contribution in [2.24, 2.45) is 0 Å². The van der Waals surface area contributed by atoms with Gasteiger partial charge in [-0.1, -0.05) is 275 Å². The molecular weight excluding hydrogens is 1350 g/mol. The number of carbonyl (C=O) groups is 4. The number of aliphatic hydroxyl groups is 1. The van der Waals surface area contributed by atoms with Crippen LogP contribution in [0, 0.1) is 0 Å². The average molecular weight is 1490 g/mol. The molecule has 0 spiro atoms. The first-order valence-electron chi connectivity index (χ1n) is 39.4. The number of esters is 4. The Hall–Kier alpha value is -5.58. The lowest BCUT2D eigenvalue weighted by molar-refractivity contribution is -0.161. The second-order valence-corrected chi connectivity index (χ2v) is 28.4. The van der Waals surface area contributed by atoms with Crippen LogP contribution in [0.15, 0.2) is 170 Å². The summed E-state index contributed by atoms with van der Waals surface area (Å²) in [6, 6.07) is 0. The summed E-state index contributed by atoms with van der Waals surface area (Å²) in [4.78, 5) is 72.9. The first-order chi connectivity index (χ1) is 50.7. The molecule has 0 saturated heterocycles. The van der Waals surface area contributed by atoms with E-state index in [1.165, 1.54) is 0 Å². The molecule has 0 aliphatic carbocycles. The van der Waals surface area contributed by atoms with E-state index in [9.17, 15) is 43.2 Å².